The summed E-state index contributed by atoms with van der Waals surface area (Å²) in [6.45, 7) is 4.44. The average molecular weight is 460 g/mol. The number of nitrogens with one attached hydrogen (secondary N) is 1. The summed E-state index contributed by atoms with van der Waals surface area (Å²) in [5, 5.41) is 17.3. The van der Waals surface area contributed by atoms with E-state index in [1.807, 2.05) is 5.38 Å². The lowest BCUT2D eigenvalue weighted by atomic mass is 10.2. The SMILES string of the molecule is CCN(CC)S(=O)(=O)c1ccc(-c2csc(NN=Cc3cccc([N+](=O)[O-])c3)n2)cc1. The molecule has 9 nitrogen and oxygen atoms in total. The van der Waals surface area contributed by atoms with Crippen LogP contribution in [0, 0.1) is 10.1 Å². The van der Waals surface area contributed by atoms with Gasteiger partial charge in [0.05, 0.1) is 21.7 Å². The lowest BCUT2D eigenvalue weighted by molar-refractivity contribution is -0.384. The van der Waals surface area contributed by atoms with Crippen molar-refractivity contribution >= 4 is 38.4 Å². The highest BCUT2D eigenvalue weighted by atomic mass is 32.2. The standard InChI is InChI=1S/C20H21N5O4S2/c1-3-24(4-2)31(28,29)18-10-8-16(9-11-18)19-14-30-20(22-19)23-21-13-15-6-5-7-17(12-15)25(26)27/h5-14H,3-4H2,1-2H3,(H,22,23). The first-order valence-electron chi connectivity index (χ1n) is 9.44. The van der Waals surface area contributed by atoms with Gasteiger partial charge in [0.15, 0.2) is 0 Å². The normalized spacial score (nSPS) is 11.8. The van der Waals surface area contributed by atoms with Crippen LogP contribution in [0.15, 0.2) is 63.9 Å². The number of aromatic nitrogens is 1. The lowest BCUT2D eigenvalue weighted by Gasteiger charge is -2.18. The monoisotopic (exact) mass is 459 g/mol. The molecule has 1 N–H and O–H groups in total. The fourth-order valence-corrected chi connectivity index (χ4v) is 4.98. The fourth-order valence-electron chi connectivity index (χ4n) is 2.85. The van der Waals surface area contributed by atoms with Gasteiger partial charge in [-0.3, -0.25) is 15.5 Å². The summed E-state index contributed by atoms with van der Waals surface area (Å²) >= 11 is 1.34. The molecule has 11 heteroatoms. The first kappa shape index (κ1) is 22.5. The highest BCUT2D eigenvalue weighted by Crippen LogP contribution is 2.26. The van der Waals surface area contributed by atoms with Crippen molar-refractivity contribution in [2.24, 2.45) is 5.10 Å². The van der Waals surface area contributed by atoms with Gasteiger partial charge in [-0.1, -0.05) is 38.1 Å². The number of hydrazone groups is 1. The molecule has 1 aromatic heterocycles. The second-order valence-electron chi connectivity index (χ2n) is 6.37. The second-order valence-corrected chi connectivity index (χ2v) is 9.17. The van der Waals surface area contributed by atoms with Crippen molar-refractivity contribution in [2.75, 3.05) is 18.5 Å². The Bertz CT molecular complexity index is 1190. The van der Waals surface area contributed by atoms with Gasteiger partial charge in [-0.25, -0.2) is 13.4 Å². The maximum atomic E-state index is 12.6. The number of hydrogen-bond donors (Lipinski definition) is 1. The van der Waals surface area contributed by atoms with Crippen molar-refractivity contribution in [3.05, 3.63) is 69.6 Å². The summed E-state index contributed by atoms with van der Waals surface area (Å²) in [6.07, 6.45) is 1.47. The molecule has 3 aromatic rings. The number of rotatable bonds is 9. The van der Waals surface area contributed by atoms with Gasteiger partial charge in [-0.15, -0.1) is 11.3 Å². The van der Waals surface area contributed by atoms with Crippen LogP contribution < -0.4 is 5.43 Å². The predicted octanol–water partition coefficient (Wildman–Crippen LogP) is 4.19. The molecule has 0 aliphatic carbocycles. The van der Waals surface area contributed by atoms with Gasteiger partial charge in [0.25, 0.3) is 5.69 Å². The van der Waals surface area contributed by atoms with Crippen LogP contribution in [-0.4, -0.2) is 41.9 Å². The number of sulfonamides is 1. The molecule has 0 unspecified atom stereocenters. The van der Waals surface area contributed by atoms with E-state index in [9.17, 15) is 18.5 Å². The van der Waals surface area contributed by atoms with Gasteiger partial charge in [0.1, 0.15) is 0 Å². The van der Waals surface area contributed by atoms with Crippen LogP contribution in [0.4, 0.5) is 10.8 Å². The molecule has 0 saturated heterocycles. The lowest BCUT2D eigenvalue weighted by Crippen LogP contribution is -2.30. The van der Waals surface area contributed by atoms with Gasteiger partial charge < -0.3 is 0 Å². The van der Waals surface area contributed by atoms with Crippen LogP contribution in [0.25, 0.3) is 11.3 Å². The molecule has 3 rings (SSSR count). The minimum atomic E-state index is -3.50. The quantitative estimate of drug-likeness (QED) is 0.291. The van der Waals surface area contributed by atoms with E-state index in [0.717, 1.165) is 5.56 Å². The first-order valence-corrected chi connectivity index (χ1v) is 11.8. The number of thiazole rings is 1. The Hall–Kier alpha value is -3.15. The molecule has 0 bridgehead atoms. The van der Waals surface area contributed by atoms with Crippen LogP contribution in [-0.2, 0) is 10.0 Å². The van der Waals surface area contributed by atoms with Crippen molar-refractivity contribution in [2.45, 2.75) is 18.7 Å². The molecule has 0 atom stereocenters. The molecule has 0 fully saturated rings. The van der Waals surface area contributed by atoms with Crippen LogP contribution in [0.5, 0.6) is 0 Å². The topological polar surface area (TPSA) is 118 Å². The molecule has 1 heterocycles. The van der Waals surface area contributed by atoms with Gasteiger partial charge >= 0.3 is 0 Å². The Morgan fingerprint density at radius 1 is 1.19 bits per heavy atom. The van der Waals surface area contributed by atoms with Gasteiger partial charge in [0.2, 0.25) is 15.2 Å². The molecular weight excluding hydrogens is 438 g/mol. The third-order valence-corrected chi connectivity index (χ3v) is 7.26. The Morgan fingerprint density at radius 3 is 2.55 bits per heavy atom. The Balaban J connectivity index is 1.69. The highest BCUT2D eigenvalue weighted by molar-refractivity contribution is 7.89. The van der Waals surface area contributed by atoms with Crippen molar-refractivity contribution in [1.29, 1.82) is 0 Å². The number of anilines is 1. The fraction of sp³-hybridized carbons (Fsp3) is 0.200. The van der Waals surface area contributed by atoms with E-state index in [-0.39, 0.29) is 10.6 Å². The maximum absolute atomic E-state index is 12.6. The molecule has 2 aromatic carbocycles. The van der Waals surface area contributed by atoms with Crippen molar-refractivity contribution in [1.82, 2.24) is 9.29 Å². The summed E-state index contributed by atoms with van der Waals surface area (Å²) in [5.41, 5.74) is 4.85. The zero-order valence-electron chi connectivity index (χ0n) is 16.9. The van der Waals surface area contributed by atoms with Gasteiger partial charge in [-0.2, -0.15) is 9.41 Å². The predicted molar refractivity (Wildman–Crippen MR) is 122 cm³/mol. The molecule has 0 amide bonds. The summed E-state index contributed by atoms with van der Waals surface area (Å²) < 4.78 is 26.6. The third kappa shape index (κ3) is 5.32. The Morgan fingerprint density at radius 2 is 1.90 bits per heavy atom. The zero-order valence-corrected chi connectivity index (χ0v) is 18.6. The Kier molecular flexibility index (Phi) is 7.10. The minimum Gasteiger partial charge on any atom is -0.258 e. The van der Waals surface area contributed by atoms with E-state index in [1.165, 1.54) is 34.0 Å². The molecule has 162 valence electrons. The zero-order chi connectivity index (χ0) is 22.4. The van der Waals surface area contributed by atoms with E-state index in [0.29, 0.717) is 29.5 Å². The largest absolute Gasteiger partial charge is 0.270 e. The highest BCUT2D eigenvalue weighted by Gasteiger charge is 2.21. The van der Waals surface area contributed by atoms with Gasteiger partial charge in [0, 0.05) is 41.7 Å². The minimum absolute atomic E-state index is 0.00746. The molecule has 0 radical (unpaired) electrons. The summed E-state index contributed by atoms with van der Waals surface area (Å²) in [7, 11) is -3.50. The molecular formula is C20H21N5O4S2. The first-order chi connectivity index (χ1) is 14.8. The number of nitrogens with zero attached hydrogens (tertiary/aromatic N) is 4. The summed E-state index contributed by atoms with van der Waals surface area (Å²) in [6, 6.07) is 12.7. The average Bonchev–Trinajstić information content (AvgIpc) is 3.23. The number of non-ortho nitro benzene ring substituents is 1. The number of nitro groups is 1. The van der Waals surface area contributed by atoms with Crippen LogP contribution in [0.3, 0.4) is 0 Å². The number of benzene rings is 2. The van der Waals surface area contributed by atoms with Crippen LogP contribution >= 0.6 is 11.3 Å². The third-order valence-electron chi connectivity index (χ3n) is 4.45. The molecule has 0 aliphatic rings. The maximum Gasteiger partial charge on any atom is 0.270 e. The molecule has 0 spiro atoms. The second kappa shape index (κ2) is 9.77. The van der Waals surface area contributed by atoms with E-state index in [1.54, 1.807) is 50.2 Å². The van der Waals surface area contributed by atoms with Gasteiger partial charge in [-0.05, 0) is 12.1 Å². The smallest absolute Gasteiger partial charge is 0.258 e. The van der Waals surface area contributed by atoms with Crippen molar-refractivity contribution < 1.29 is 13.3 Å². The van der Waals surface area contributed by atoms with E-state index in [2.05, 4.69) is 15.5 Å². The van der Waals surface area contributed by atoms with Crippen molar-refractivity contribution in [3.8, 4) is 11.3 Å². The molecule has 31 heavy (non-hydrogen) atoms. The summed E-state index contributed by atoms with van der Waals surface area (Å²) in [4.78, 5) is 15.1. The van der Waals surface area contributed by atoms with Crippen LogP contribution in [0.2, 0.25) is 0 Å². The van der Waals surface area contributed by atoms with E-state index < -0.39 is 14.9 Å². The molecule has 0 aliphatic heterocycles. The number of hydrogen-bond acceptors (Lipinski definition) is 8. The Labute approximate surface area is 184 Å². The van der Waals surface area contributed by atoms with Crippen LogP contribution in [0.1, 0.15) is 19.4 Å². The molecule has 0 saturated carbocycles. The summed E-state index contributed by atoms with van der Waals surface area (Å²) in [5.74, 6) is 0. The van der Waals surface area contributed by atoms with Crippen molar-refractivity contribution in [3.63, 3.8) is 0 Å². The van der Waals surface area contributed by atoms with E-state index >= 15 is 0 Å². The van der Waals surface area contributed by atoms with E-state index in [4.69, 9.17) is 0 Å². The number of nitro benzene ring substituents is 1.